The maximum Gasteiger partial charge on any atom is 0.270 e. The number of hydrogen-bond acceptors (Lipinski definition) is 6. The predicted molar refractivity (Wildman–Crippen MR) is 68.4 cm³/mol. The molecule has 0 bridgehead atoms. The SMILES string of the molecule is NC(=O)[C@H](CS)NCc1cc([N+](=O)[O-])ccc1O. The van der Waals surface area contributed by atoms with Crippen LogP contribution >= 0.6 is 12.6 Å². The van der Waals surface area contributed by atoms with Crippen LogP contribution in [0.15, 0.2) is 18.2 Å². The van der Waals surface area contributed by atoms with Gasteiger partial charge >= 0.3 is 0 Å². The molecule has 0 aliphatic heterocycles. The molecular weight excluding hydrogens is 258 g/mol. The Hall–Kier alpha value is -1.80. The standard InChI is InChI=1S/C10H13N3O4S/c11-10(15)8(5-18)12-4-6-3-7(13(16)17)1-2-9(6)14/h1-3,8,12,14,18H,4-5H2,(H2,11,15)/t8-/m0/s1. The molecular formula is C10H13N3O4S. The largest absolute Gasteiger partial charge is 0.508 e. The average molecular weight is 271 g/mol. The van der Waals surface area contributed by atoms with E-state index in [2.05, 4.69) is 17.9 Å². The summed E-state index contributed by atoms with van der Waals surface area (Å²) in [6.07, 6.45) is 0. The van der Waals surface area contributed by atoms with Gasteiger partial charge in [0.15, 0.2) is 0 Å². The highest BCUT2D eigenvalue weighted by Gasteiger charge is 2.15. The Morgan fingerprint density at radius 2 is 2.28 bits per heavy atom. The third kappa shape index (κ3) is 3.60. The Kier molecular flexibility index (Phi) is 4.93. The van der Waals surface area contributed by atoms with Crippen molar-refractivity contribution < 1.29 is 14.8 Å². The number of amides is 1. The second-order valence-electron chi connectivity index (χ2n) is 3.59. The first-order chi connectivity index (χ1) is 8.45. The second kappa shape index (κ2) is 6.22. The van der Waals surface area contributed by atoms with Crippen molar-refractivity contribution in [3.8, 4) is 5.75 Å². The minimum absolute atomic E-state index is 0.0850. The monoisotopic (exact) mass is 271 g/mol. The first kappa shape index (κ1) is 14.3. The van der Waals surface area contributed by atoms with E-state index in [9.17, 15) is 20.0 Å². The number of nitrogens with zero attached hydrogens (tertiary/aromatic N) is 1. The molecule has 98 valence electrons. The summed E-state index contributed by atoms with van der Waals surface area (Å²) in [4.78, 5) is 21.0. The minimum Gasteiger partial charge on any atom is -0.508 e. The molecule has 0 aliphatic carbocycles. The van der Waals surface area contributed by atoms with Gasteiger partial charge in [0.2, 0.25) is 5.91 Å². The highest BCUT2D eigenvalue weighted by Crippen LogP contribution is 2.22. The molecule has 7 nitrogen and oxygen atoms in total. The third-order valence-corrected chi connectivity index (χ3v) is 2.70. The van der Waals surface area contributed by atoms with Gasteiger partial charge in [-0.1, -0.05) is 0 Å². The smallest absolute Gasteiger partial charge is 0.270 e. The number of rotatable bonds is 6. The summed E-state index contributed by atoms with van der Waals surface area (Å²) in [5.74, 6) is -0.462. The van der Waals surface area contributed by atoms with Gasteiger partial charge in [0.25, 0.3) is 5.69 Å². The summed E-state index contributed by atoms with van der Waals surface area (Å²) in [6, 6.07) is 3.00. The molecule has 0 aliphatic rings. The summed E-state index contributed by atoms with van der Waals surface area (Å²) in [5.41, 5.74) is 5.29. The Balaban J connectivity index is 2.80. The highest BCUT2D eigenvalue weighted by molar-refractivity contribution is 7.80. The van der Waals surface area contributed by atoms with E-state index in [0.717, 1.165) is 0 Å². The van der Waals surface area contributed by atoms with E-state index in [-0.39, 0.29) is 23.7 Å². The summed E-state index contributed by atoms with van der Waals surface area (Å²) in [5, 5.41) is 22.9. The van der Waals surface area contributed by atoms with Crippen LogP contribution in [0.4, 0.5) is 5.69 Å². The molecule has 0 radical (unpaired) electrons. The fourth-order valence-corrected chi connectivity index (χ4v) is 1.62. The van der Waals surface area contributed by atoms with E-state index < -0.39 is 16.9 Å². The number of nitrogens with two attached hydrogens (primary N) is 1. The van der Waals surface area contributed by atoms with Gasteiger partial charge in [0, 0.05) is 30.0 Å². The van der Waals surface area contributed by atoms with E-state index in [0.29, 0.717) is 5.56 Å². The first-order valence-electron chi connectivity index (χ1n) is 5.05. The number of primary amides is 1. The van der Waals surface area contributed by atoms with Crippen molar-refractivity contribution >= 4 is 24.2 Å². The number of phenols is 1. The van der Waals surface area contributed by atoms with Crippen molar-refractivity contribution in [3.05, 3.63) is 33.9 Å². The number of non-ortho nitro benzene ring substituents is 1. The number of phenolic OH excluding ortho intramolecular Hbond substituents is 1. The van der Waals surface area contributed by atoms with Crippen LogP contribution in [0.2, 0.25) is 0 Å². The highest BCUT2D eigenvalue weighted by atomic mass is 32.1. The van der Waals surface area contributed by atoms with Crippen LogP contribution in [0.3, 0.4) is 0 Å². The summed E-state index contributed by atoms with van der Waals surface area (Å²) in [7, 11) is 0. The molecule has 0 heterocycles. The van der Waals surface area contributed by atoms with Crippen LogP contribution < -0.4 is 11.1 Å². The van der Waals surface area contributed by atoms with Crippen molar-refractivity contribution in [1.29, 1.82) is 0 Å². The number of nitro benzene ring substituents is 1. The van der Waals surface area contributed by atoms with E-state index in [1.807, 2.05) is 0 Å². The van der Waals surface area contributed by atoms with Gasteiger partial charge in [0.1, 0.15) is 5.75 Å². The molecule has 1 aromatic carbocycles. The lowest BCUT2D eigenvalue weighted by Gasteiger charge is -2.13. The number of hydrogen-bond donors (Lipinski definition) is 4. The normalized spacial score (nSPS) is 12.1. The number of benzene rings is 1. The van der Waals surface area contributed by atoms with E-state index in [4.69, 9.17) is 5.73 Å². The van der Waals surface area contributed by atoms with Crippen LogP contribution in [0.1, 0.15) is 5.56 Å². The third-order valence-electron chi connectivity index (χ3n) is 2.34. The number of aromatic hydroxyl groups is 1. The molecule has 4 N–H and O–H groups in total. The Labute approximate surface area is 109 Å². The van der Waals surface area contributed by atoms with Crippen molar-refractivity contribution in [2.75, 3.05) is 5.75 Å². The van der Waals surface area contributed by atoms with Gasteiger partial charge in [-0.2, -0.15) is 12.6 Å². The molecule has 0 unspecified atom stereocenters. The summed E-state index contributed by atoms with van der Waals surface area (Å²) < 4.78 is 0. The lowest BCUT2D eigenvalue weighted by Crippen LogP contribution is -2.42. The number of nitrogens with one attached hydrogen (secondary N) is 1. The van der Waals surface area contributed by atoms with Crippen LogP contribution in [0.5, 0.6) is 5.75 Å². The van der Waals surface area contributed by atoms with Crippen LogP contribution in [0, 0.1) is 10.1 Å². The van der Waals surface area contributed by atoms with E-state index in [1.54, 1.807) is 0 Å². The molecule has 0 spiro atoms. The molecule has 8 heteroatoms. The Morgan fingerprint density at radius 3 is 2.78 bits per heavy atom. The van der Waals surface area contributed by atoms with Crippen molar-refractivity contribution in [2.45, 2.75) is 12.6 Å². The maximum atomic E-state index is 11.0. The molecule has 0 aromatic heterocycles. The van der Waals surface area contributed by atoms with Gasteiger partial charge in [-0.25, -0.2) is 0 Å². The Morgan fingerprint density at radius 1 is 1.61 bits per heavy atom. The molecule has 1 amide bonds. The molecule has 0 fully saturated rings. The van der Waals surface area contributed by atoms with Gasteiger partial charge in [-0.15, -0.1) is 0 Å². The second-order valence-corrected chi connectivity index (χ2v) is 3.95. The number of carbonyl (C=O) groups excluding carboxylic acids is 1. The first-order valence-corrected chi connectivity index (χ1v) is 5.68. The number of nitro groups is 1. The molecule has 18 heavy (non-hydrogen) atoms. The zero-order valence-electron chi connectivity index (χ0n) is 9.37. The van der Waals surface area contributed by atoms with Crippen molar-refractivity contribution in [1.82, 2.24) is 5.32 Å². The molecule has 1 rings (SSSR count). The lowest BCUT2D eigenvalue weighted by molar-refractivity contribution is -0.384. The number of carbonyl (C=O) groups is 1. The number of thiol groups is 1. The fourth-order valence-electron chi connectivity index (χ4n) is 1.32. The summed E-state index contributed by atoms with van der Waals surface area (Å²) in [6.45, 7) is 0.0850. The zero-order valence-corrected chi connectivity index (χ0v) is 10.3. The average Bonchev–Trinajstić information content (AvgIpc) is 2.31. The van der Waals surface area contributed by atoms with Crippen LogP contribution in [-0.4, -0.2) is 27.7 Å². The summed E-state index contributed by atoms with van der Waals surface area (Å²) >= 11 is 3.95. The lowest BCUT2D eigenvalue weighted by atomic mass is 10.1. The molecule has 0 saturated heterocycles. The van der Waals surface area contributed by atoms with E-state index in [1.165, 1.54) is 18.2 Å². The van der Waals surface area contributed by atoms with Crippen LogP contribution in [-0.2, 0) is 11.3 Å². The topological polar surface area (TPSA) is 118 Å². The molecule has 0 saturated carbocycles. The van der Waals surface area contributed by atoms with Crippen LogP contribution in [0.25, 0.3) is 0 Å². The Bertz CT molecular complexity index is 466. The fraction of sp³-hybridized carbons (Fsp3) is 0.300. The predicted octanol–water partition coefficient (Wildman–Crippen LogP) is 0.174. The van der Waals surface area contributed by atoms with Crippen molar-refractivity contribution in [3.63, 3.8) is 0 Å². The van der Waals surface area contributed by atoms with Gasteiger partial charge < -0.3 is 16.2 Å². The van der Waals surface area contributed by atoms with Gasteiger partial charge in [-0.05, 0) is 6.07 Å². The van der Waals surface area contributed by atoms with E-state index >= 15 is 0 Å². The molecule has 1 atom stereocenters. The minimum atomic E-state index is -0.660. The molecule has 1 aromatic rings. The quantitative estimate of drug-likeness (QED) is 0.334. The van der Waals surface area contributed by atoms with Crippen molar-refractivity contribution in [2.24, 2.45) is 5.73 Å². The van der Waals surface area contributed by atoms with Gasteiger partial charge in [0.05, 0.1) is 11.0 Å². The zero-order chi connectivity index (χ0) is 13.7. The van der Waals surface area contributed by atoms with Gasteiger partial charge in [-0.3, -0.25) is 14.9 Å². The maximum absolute atomic E-state index is 11.0.